The van der Waals surface area contributed by atoms with E-state index in [1.165, 1.54) is 48.0 Å². The van der Waals surface area contributed by atoms with Crippen molar-refractivity contribution >= 4 is 93.7 Å². The van der Waals surface area contributed by atoms with Crippen molar-refractivity contribution in [3.63, 3.8) is 0 Å². The van der Waals surface area contributed by atoms with Gasteiger partial charge in [-0.2, -0.15) is 0 Å². The molecule has 6 rings (SSSR count). The van der Waals surface area contributed by atoms with Crippen LogP contribution >= 0.6 is 68.0 Å². The van der Waals surface area contributed by atoms with E-state index in [0.29, 0.717) is 0 Å². The van der Waals surface area contributed by atoms with Crippen LogP contribution in [0, 0.1) is 0 Å². The van der Waals surface area contributed by atoms with Crippen LogP contribution in [0.4, 0.5) is 0 Å². The molecule has 1 nitrogen and oxygen atoms in total. The van der Waals surface area contributed by atoms with Crippen LogP contribution in [-0.2, 0) is 4.12 Å². The Balaban J connectivity index is 1.19. The summed E-state index contributed by atoms with van der Waals surface area (Å²) in [5.41, 5.74) is 0. The summed E-state index contributed by atoms with van der Waals surface area (Å²) in [6.45, 7) is 9.46. The molecular weight excluding hydrogens is 601 g/mol. The minimum Gasteiger partial charge on any atom is -0.448 e. The fourth-order valence-corrected chi connectivity index (χ4v) is 20.0. The number of hydrogen-bond acceptors (Lipinski definition) is 7. The first-order chi connectivity index (χ1) is 17.8. The van der Waals surface area contributed by atoms with Gasteiger partial charge in [0.1, 0.15) is 0 Å². The molecule has 0 aliphatic carbocycles. The molecule has 9 heteroatoms. The Kier molecular flexibility index (Phi) is 7.19. The van der Waals surface area contributed by atoms with E-state index in [0.717, 1.165) is 0 Å². The van der Waals surface area contributed by atoms with Gasteiger partial charge in [0, 0.05) is 48.0 Å². The van der Waals surface area contributed by atoms with E-state index in [1.807, 2.05) is 45.3 Å². The van der Waals surface area contributed by atoms with Crippen molar-refractivity contribution in [2.75, 3.05) is 0 Å². The molecule has 0 saturated carbocycles. The van der Waals surface area contributed by atoms with Crippen molar-refractivity contribution in [2.45, 2.75) is 26.2 Å². The van der Waals surface area contributed by atoms with E-state index < -0.39 is 16.6 Å². The van der Waals surface area contributed by atoms with Gasteiger partial charge < -0.3 is 4.12 Å². The molecule has 0 saturated heterocycles. The number of thiophene rings is 6. The lowest BCUT2D eigenvalue weighted by molar-refractivity contribution is 0.575. The second-order valence-electron chi connectivity index (χ2n) is 9.73. The maximum Gasteiger partial charge on any atom is 0.216 e. The first kappa shape index (κ1) is 25.8. The molecule has 0 aromatic carbocycles. The SMILES string of the molecule is C[Si](C)(O[Si](C)(C)c1ccc(-c2ccc(-c3cccs3)s2)s1)c1ccc(-c2ccc(-c3cccs3)s2)s1. The highest BCUT2D eigenvalue weighted by molar-refractivity contribution is 7.33. The highest BCUT2D eigenvalue weighted by atomic mass is 32.1. The molecule has 0 amide bonds. The van der Waals surface area contributed by atoms with Crippen LogP contribution in [0.15, 0.2) is 83.6 Å². The third-order valence-electron chi connectivity index (χ3n) is 6.13. The van der Waals surface area contributed by atoms with Crippen molar-refractivity contribution in [3.8, 4) is 39.0 Å². The molecule has 37 heavy (non-hydrogen) atoms. The van der Waals surface area contributed by atoms with Gasteiger partial charge in [-0.15, -0.1) is 68.0 Å². The van der Waals surface area contributed by atoms with Gasteiger partial charge in [-0.1, -0.05) is 12.1 Å². The van der Waals surface area contributed by atoms with E-state index in [4.69, 9.17) is 4.12 Å². The summed E-state index contributed by atoms with van der Waals surface area (Å²) in [5.74, 6) is 0. The zero-order valence-corrected chi connectivity index (χ0v) is 27.8. The van der Waals surface area contributed by atoms with Crippen molar-refractivity contribution in [3.05, 3.63) is 83.6 Å². The Labute approximate surface area is 244 Å². The monoisotopic (exact) mass is 626 g/mol. The molecular formula is C28H26OS6Si2. The van der Waals surface area contributed by atoms with Gasteiger partial charge in [-0.3, -0.25) is 0 Å². The van der Waals surface area contributed by atoms with Crippen LogP contribution in [0.2, 0.25) is 26.2 Å². The second-order valence-corrected chi connectivity index (χ2v) is 24.6. The molecule has 6 aromatic rings. The highest BCUT2D eigenvalue weighted by Gasteiger charge is 2.38. The molecule has 6 heterocycles. The average molecular weight is 627 g/mol. The minimum absolute atomic E-state index is 1.35. The third kappa shape index (κ3) is 5.39. The first-order valence-electron chi connectivity index (χ1n) is 12.0. The quantitative estimate of drug-likeness (QED) is 0.153. The van der Waals surface area contributed by atoms with Crippen LogP contribution in [0.1, 0.15) is 0 Å². The summed E-state index contributed by atoms with van der Waals surface area (Å²) in [4.78, 5) is 10.8. The first-order valence-corrected chi connectivity index (χ1v) is 22.8. The summed E-state index contributed by atoms with van der Waals surface area (Å²) in [5, 5.41) is 4.29. The topological polar surface area (TPSA) is 9.23 Å². The normalized spacial score (nSPS) is 12.4. The zero-order valence-electron chi connectivity index (χ0n) is 20.9. The fraction of sp³-hybridized carbons (Fsp3) is 0.143. The molecule has 0 aliphatic rings. The Morgan fingerprint density at radius 1 is 0.432 bits per heavy atom. The molecule has 188 valence electrons. The lowest BCUT2D eigenvalue weighted by atomic mass is 10.3. The molecule has 0 spiro atoms. The average Bonchev–Trinajstić information content (AvgIpc) is 3.71. The third-order valence-corrected chi connectivity index (χ3v) is 23.0. The van der Waals surface area contributed by atoms with Gasteiger partial charge in [0.05, 0.1) is 0 Å². The molecule has 0 unspecified atom stereocenters. The molecule has 0 bridgehead atoms. The van der Waals surface area contributed by atoms with E-state index in [1.54, 1.807) is 22.7 Å². The van der Waals surface area contributed by atoms with Gasteiger partial charge in [0.2, 0.25) is 16.6 Å². The Hall–Kier alpha value is -1.41. The number of hydrogen-bond donors (Lipinski definition) is 0. The molecule has 0 N–H and O–H groups in total. The molecule has 0 aliphatic heterocycles. The van der Waals surface area contributed by atoms with Crippen LogP contribution in [-0.4, -0.2) is 16.6 Å². The van der Waals surface area contributed by atoms with E-state index in [9.17, 15) is 0 Å². The van der Waals surface area contributed by atoms with Gasteiger partial charge >= 0.3 is 0 Å². The molecule has 0 fully saturated rings. The largest absolute Gasteiger partial charge is 0.448 e. The van der Waals surface area contributed by atoms with Crippen molar-refractivity contribution in [1.82, 2.24) is 0 Å². The van der Waals surface area contributed by atoms with Crippen LogP contribution in [0.25, 0.3) is 39.0 Å². The Bertz CT molecular complexity index is 1490. The van der Waals surface area contributed by atoms with Crippen LogP contribution in [0.3, 0.4) is 0 Å². The zero-order chi connectivity index (χ0) is 25.6. The predicted octanol–water partition coefficient (Wildman–Crippen LogP) is 10.3. The van der Waals surface area contributed by atoms with Crippen LogP contribution < -0.4 is 9.00 Å². The Morgan fingerprint density at radius 2 is 0.784 bits per heavy atom. The van der Waals surface area contributed by atoms with E-state index >= 15 is 0 Å². The molecule has 0 atom stereocenters. The predicted molar refractivity (Wildman–Crippen MR) is 177 cm³/mol. The fourth-order valence-electron chi connectivity index (χ4n) is 4.37. The van der Waals surface area contributed by atoms with Crippen LogP contribution in [0.5, 0.6) is 0 Å². The maximum absolute atomic E-state index is 7.13. The van der Waals surface area contributed by atoms with Gasteiger partial charge in [0.15, 0.2) is 0 Å². The summed E-state index contributed by atoms with van der Waals surface area (Å²) < 4.78 is 9.97. The summed E-state index contributed by atoms with van der Waals surface area (Å²) >= 11 is 11.2. The van der Waals surface area contributed by atoms with E-state index in [2.05, 4.69) is 110 Å². The summed E-state index contributed by atoms with van der Waals surface area (Å²) in [6, 6.07) is 26.9. The van der Waals surface area contributed by atoms with E-state index in [-0.39, 0.29) is 0 Å². The van der Waals surface area contributed by atoms with Gasteiger partial charge in [-0.25, -0.2) is 0 Å². The van der Waals surface area contributed by atoms with Crippen molar-refractivity contribution in [1.29, 1.82) is 0 Å². The lowest BCUT2D eigenvalue weighted by Gasteiger charge is -2.32. The van der Waals surface area contributed by atoms with Gasteiger partial charge in [-0.05, 0) is 97.6 Å². The molecule has 6 aromatic heterocycles. The van der Waals surface area contributed by atoms with Gasteiger partial charge in [0.25, 0.3) is 0 Å². The standard InChI is InChI=1S/C28H26OS6Si2/c1-36(2,27-15-13-25(34-27)23-11-9-21(32-23)19-7-5-17-30-19)29-37(3,4)28-16-14-26(35-28)24-12-10-22(33-24)20-8-6-18-31-20/h5-18H,1-4H3. The maximum atomic E-state index is 7.13. The second kappa shape index (κ2) is 10.3. The highest BCUT2D eigenvalue weighted by Crippen LogP contribution is 2.40. The summed E-state index contributed by atoms with van der Waals surface area (Å²) in [6.07, 6.45) is 0. The lowest BCUT2D eigenvalue weighted by Crippen LogP contribution is -2.56. The number of rotatable bonds is 8. The Morgan fingerprint density at radius 3 is 1.16 bits per heavy atom. The summed E-state index contributed by atoms with van der Waals surface area (Å²) in [7, 11) is -4.12. The van der Waals surface area contributed by atoms with Crippen molar-refractivity contribution in [2.24, 2.45) is 0 Å². The van der Waals surface area contributed by atoms with Crippen molar-refractivity contribution < 1.29 is 4.12 Å². The minimum atomic E-state index is -2.06. The smallest absolute Gasteiger partial charge is 0.216 e. The molecule has 0 radical (unpaired) electrons.